The predicted octanol–water partition coefficient (Wildman–Crippen LogP) is 2.92. The van der Waals surface area contributed by atoms with E-state index in [0.717, 1.165) is 26.1 Å². The Morgan fingerprint density at radius 3 is 2.90 bits per heavy atom. The largest absolute Gasteiger partial charge is 0.341 e. The maximum Gasteiger partial charge on any atom is 0.222 e. The molecule has 1 amide bonds. The molecule has 0 saturated carbocycles. The topological polar surface area (TPSA) is 32.3 Å². The molecule has 1 unspecified atom stereocenters. The number of piperidine rings is 1. The maximum absolute atomic E-state index is 12.4. The molecule has 1 aromatic rings. The van der Waals surface area contributed by atoms with Crippen molar-refractivity contribution in [3.63, 3.8) is 0 Å². The first kappa shape index (κ1) is 16.0. The van der Waals surface area contributed by atoms with Gasteiger partial charge in [0, 0.05) is 25.6 Å². The number of hydrogen-bond donors (Lipinski definition) is 1. The zero-order valence-corrected chi connectivity index (χ0v) is 13.4. The van der Waals surface area contributed by atoms with E-state index < -0.39 is 0 Å². The van der Waals surface area contributed by atoms with Crippen molar-refractivity contribution in [3.05, 3.63) is 35.4 Å². The van der Waals surface area contributed by atoms with Gasteiger partial charge in [0.25, 0.3) is 0 Å². The molecular formula is C18H28N2O. The van der Waals surface area contributed by atoms with Crippen LogP contribution in [0.3, 0.4) is 0 Å². The lowest BCUT2D eigenvalue weighted by atomic mass is 10.0. The van der Waals surface area contributed by atoms with E-state index in [0.29, 0.717) is 12.5 Å². The van der Waals surface area contributed by atoms with Crippen molar-refractivity contribution >= 4 is 5.91 Å². The molecule has 1 aliphatic rings. The number of hydrogen-bond acceptors (Lipinski definition) is 2. The molecule has 0 spiro atoms. The summed E-state index contributed by atoms with van der Waals surface area (Å²) < 4.78 is 0. The summed E-state index contributed by atoms with van der Waals surface area (Å²) in [4.78, 5) is 14.4. The van der Waals surface area contributed by atoms with Crippen molar-refractivity contribution in [3.8, 4) is 0 Å². The molecule has 3 heteroatoms. The average molecular weight is 288 g/mol. The second kappa shape index (κ2) is 8.18. The lowest BCUT2D eigenvalue weighted by molar-refractivity contribution is -0.131. The van der Waals surface area contributed by atoms with Gasteiger partial charge in [0.05, 0.1) is 0 Å². The van der Waals surface area contributed by atoms with Gasteiger partial charge in [-0.05, 0) is 45.2 Å². The number of likely N-dealkylation sites (N-methyl/N-ethyl adjacent to an activating group) is 1. The number of carbonyl (C=O) groups excluding carboxylic acids is 1. The van der Waals surface area contributed by atoms with Gasteiger partial charge < -0.3 is 10.2 Å². The van der Waals surface area contributed by atoms with E-state index in [1.807, 2.05) is 4.90 Å². The Bertz CT molecular complexity index is 452. The van der Waals surface area contributed by atoms with E-state index in [2.05, 4.69) is 43.4 Å². The van der Waals surface area contributed by atoms with Crippen LogP contribution in [0.15, 0.2) is 24.3 Å². The summed E-state index contributed by atoms with van der Waals surface area (Å²) in [5.74, 6) is 0.284. The van der Waals surface area contributed by atoms with Gasteiger partial charge in [-0.2, -0.15) is 0 Å². The highest BCUT2D eigenvalue weighted by molar-refractivity contribution is 5.76. The summed E-state index contributed by atoms with van der Waals surface area (Å²) in [6.45, 7) is 6.94. The predicted molar refractivity (Wildman–Crippen MR) is 87.4 cm³/mol. The minimum absolute atomic E-state index is 0.284. The Labute approximate surface area is 128 Å². The Morgan fingerprint density at radius 2 is 2.24 bits per heavy atom. The minimum Gasteiger partial charge on any atom is -0.341 e. The molecular weight excluding hydrogens is 260 g/mol. The van der Waals surface area contributed by atoms with Crippen molar-refractivity contribution in [1.82, 2.24) is 10.2 Å². The van der Waals surface area contributed by atoms with Gasteiger partial charge in [-0.25, -0.2) is 0 Å². The smallest absolute Gasteiger partial charge is 0.222 e. The van der Waals surface area contributed by atoms with Gasteiger partial charge in [0.2, 0.25) is 5.91 Å². The van der Waals surface area contributed by atoms with Crippen molar-refractivity contribution in [1.29, 1.82) is 0 Å². The van der Waals surface area contributed by atoms with Crippen LogP contribution in [0.2, 0.25) is 0 Å². The zero-order valence-electron chi connectivity index (χ0n) is 13.4. The van der Waals surface area contributed by atoms with E-state index in [1.165, 1.54) is 30.4 Å². The first-order valence-electron chi connectivity index (χ1n) is 8.25. The van der Waals surface area contributed by atoms with Crippen LogP contribution in [-0.4, -0.2) is 36.5 Å². The first-order chi connectivity index (χ1) is 10.2. The van der Waals surface area contributed by atoms with E-state index in [-0.39, 0.29) is 5.91 Å². The third-order valence-electron chi connectivity index (χ3n) is 4.30. The van der Waals surface area contributed by atoms with Crippen molar-refractivity contribution in [2.75, 3.05) is 19.6 Å². The number of aryl methyl sites for hydroxylation is 2. The summed E-state index contributed by atoms with van der Waals surface area (Å²) in [6.07, 6.45) is 5.21. The summed E-state index contributed by atoms with van der Waals surface area (Å²) in [7, 11) is 0. The number of nitrogens with one attached hydrogen (secondary N) is 1. The van der Waals surface area contributed by atoms with Crippen LogP contribution in [0.1, 0.15) is 43.7 Å². The molecule has 3 nitrogen and oxygen atoms in total. The van der Waals surface area contributed by atoms with Crippen molar-refractivity contribution in [2.45, 2.75) is 52.0 Å². The van der Waals surface area contributed by atoms with Gasteiger partial charge in [0.1, 0.15) is 0 Å². The maximum atomic E-state index is 12.4. The van der Waals surface area contributed by atoms with Crippen molar-refractivity contribution in [2.24, 2.45) is 0 Å². The van der Waals surface area contributed by atoms with E-state index in [1.54, 1.807) is 0 Å². The molecule has 0 aromatic heterocycles. The van der Waals surface area contributed by atoms with Gasteiger partial charge in [-0.1, -0.05) is 36.2 Å². The van der Waals surface area contributed by atoms with Crippen LogP contribution in [-0.2, 0) is 11.2 Å². The fourth-order valence-corrected chi connectivity index (χ4v) is 3.03. The fraction of sp³-hybridized carbons (Fsp3) is 0.611. The summed E-state index contributed by atoms with van der Waals surface area (Å²) in [6, 6.07) is 8.93. The molecule has 1 aromatic carbocycles. The third-order valence-corrected chi connectivity index (χ3v) is 4.30. The van der Waals surface area contributed by atoms with E-state index in [9.17, 15) is 4.79 Å². The highest BCUT2D eigenvalue weighted by Gasteiger charge is 2.19. The van der Waals surface area contributed by atoms with E-state index in [4.69, 9.17) is 0 Å². The first-order valence-corrected chi connectivity index (χ1v) is 8.25. The van der Waals surface area contributed by atoms with Gasteiger partial charge in [0.15, 0.2) is 0 Å². The quantitative estimate of drug-likeness (QED) is 0.873. The van der Waals surface area contributed by atoms with E-state index >= 15 is 0 Å². The normalized spacial score (nSPS) is 18.5. The van der Waals surface area contributed by atoms with Gasteiger partial charge in [-0.3, -0.25) is 4.79 Å². The molecule has 1 fully saturated rings. The van der Waals surface area contributed by atoms with Crippen LogP contribution in [0.25, 0.3) is 0 Å². The molecule has 1 aliphatic heterocycles. The lowest BCUT2D eigenvalue weighted by Crippen LogP contribution is -2.45. The Kier molecular flexibility index (Phi) is 6.24. The molecule has 2 rings (SSSR count). The molecule has 1 atom stereocenters. The third kappa shape index (κ3) is 5.16. The highest BCUT2D eigenvalue weighted by Crippen LogP contribution is 2.11. The zero-order chi connectivity index (χ0) is 15.1. The standard InChI is InChI=1S/C18H28N2O/c1-3-20(14-17-9-4-5-12-19-17)18(21)11-10-16-8-6-7-15(2)13-16/h6-8,13,17,19H,3-5,9-12,14H2,1-2H3. The van der Waals surface area contributed by atoms with Gasteiger partial charge in [-0.15, -0.1) is 0 Å². The number of nitrogens with zero attached hydrogens (tertiary/aromatic N) is 1. The van der Waals surface area contributed by atoms with Crippen LogP contribution in [0, 0.1) is 6.92 Å². The van der Waals surface area contributed by atoms with Crippen molar-refractivity contribution < 1.29 is 4.79 Å². The Hall–Kier alpha value is -1.35. The molecule has 1 N–H and O–H groups in total. The summed E-state index contributed by atoms with van der Waals surface area (Å²) in [5, 5.41) is 3.53. The fourth-order valence-electron chi connectivity index (χ4n) is 3.03. The van der Waals surface area contributed by atoms with Crippen LogP contribution >= 0.6 is 0 Å². The molecule has 0 radical (unpaired) electrons. The summed E-state index contributed by atoms with van der Waals surface area (Å²) >= 11 is 0. The molecule has 0 bridgehead atoms. The minimum atomic E-state index is 0.284. The number of benzene rings is 1. The lowest BCUT2D eigenvalue weighted by Gasteiger charge is -2.30. The summed E-state index contributed by atoms with van der Waals surface area (Å²) in [5.41, 5.74) is 2.52. The molecule has 1 heterocycles. The number of amides is 1. The molecule has 1 saturated heterocycles. The molecule has 116 valence electrons. The van der Waals surface area contributed by atoms with Crippen LogP contribution < -0.4 is 5.32 Å². The Balaban J connectivity index is 1.82. The Morgan fingerprint density at radius 1 is 1.38 bits per heavy atom. The average Bonchev–Trinajstić information content (AvgIpc) is 2.51. The second-order valence-corrected chi connectivity index (χ2v) is 6.07. The van der Waals surface area contributed by atoms with Crippen LogP contribution in [0.4, 0.5) is 0 Å². The highest BCUT2D eigenvalue weighted by atomic mass is 16.2. The van der Waals surface area contributed by atoms with Crippen LogP contribution in [0.5, 0.6) is 0 Å². The van der Waals surface area contributed by atoms with Gasteiger partial charge >= 0.3 is 0 Å². The second-order valence-electron chi connectivity index (χ2n) is 6.07. The SMILES string of the molecule is CCN(CC1CCCCN1)C(=O)CCc1cccc(C)c1. The molecule has 21 heavy (non-hydrogen) atoms. The number of rotatable bonds is 6. The molecule has 0 aliphatic carbocycles. The monoisotopic (exact) mass is 288 g/mol. The number of carbonyl (C=O) groups is 1.